The van der Waals surface area contributed by atoms with Gasteiger partial charge in [0.05, 0.1) is 0 Å². The van der Waals surface area contributed by atoms with E-state index in [4.69, 9.17) is 0 Å². The Morgan fingerprint density at radius 2 is 2.25 bits per heavy atom. The van der Waals surface area contributed by atoms with E-state index in [1.807, 2.05) is 24.5 Å². The summed E-state index contributed by atoms with van der Waals surface area (Å²) in [5.74, 6) is 1.23. The first kappa shape index (κ1) is 7.47. The number of carbonyl (C=O) groups excluding carboxylic acids is 1. The predicted octanol–water partition coefficient (Wildman–Crippen LogP) is 1.77. The van der Waals surface area contributed by atoms with Gasteiger partial charge in [-0.05, 0) is 36.0 Å². The zero-order chi connectivity index (χ0) is 8.39. The molecule has 2 rings (SSSR count). The van der Waals surface area contributed by atoms with E-state index in [2.05, 4.69) is 4.98 Å². The fourth-order valence-electron chi connectivity index (χ4n) is 1.65. The highest BCUT2D eigenvalue weighted by atomic mass is 16.1. The van der Waals surface area contributed by atoms with Gasteiger partial charge in [0, 0.05) is 18.8 Å². The van der Waals surface area contributed by atoms with Crippen LogP contribution in [0.3, 0.4) is 0 Å². The number of carbonyl (C=O) groups is 1. The van der Waals surface area contributed by atoms with E-state index in [9.17, 15) is 4.79 Å². The first-order valence-electron chi connectivity index (χ1n) is 4.25. The summed E-state index contributed by atoms with van der Waals surface area (Å²) in [6, 6.07) is 4.07. The van der Waals surface area contributed by atoms with Gasteiger partial charge in [-0.2, -0.15) is 0 Å². The van der Waals surface area contributed by atoms with Gasteiger partial charge < -0.3 is 4.79 Å². The van der Waals surface area contributed by atoms with Crippen molar-refractivity contribution in [3.05, 3.63) is 30.1 Å². The number of rotatable bonds is 3. The van der Waals surface area contributed by atoms with E-state index in [0.717, 1.165) is 6.29 Å². The molecular formula is C10H11NO. The predicted molar refractivity (Wildman–Crippen MR) is 45.8 cm³/mol. The Morgan fingerprint density at radius 3 is 2.92 bits per heavy atom. The lowest BCUT2D eigenvalue weighted by Gasteiger charge is -1.95. The van der Waals surface area contributed by atoms with Crippen LogP contribution in [-0.4, -0.2) is 11.3 Å². The molecule has 2 atom stereocenters. The zero-order valence-corrected chi connectivity index (χ0v) is 6.81. The minimum Gasteiger partial charge on any atom is -0.303 e. The third-order valence-corrected chi connectivity index (χ3v) is 2.46. The van der Waals surface area contributed by atoms with Gasteiger partial charge in [-0.15, -0.1) is 0 Å². The van der Waals surface area contributed by atoms with Gasteiger partial charge in [-0.25, -0.2) is 0 Å². The molecule has 62 valence electrons. The second kappa shape index (κ2) is 3.05. The Kier molecular flexibility index (Phi) is 1.90. The molecule has 1 fully saturated rings. The fourth-order valence-corrected chi connectivity index (χ4v) is 1.65. The minimum atomic E-state index is 0.602. The average Bonchev–Trinajstić information content (AvgIpc) is 2.87. The number of hydrogen-bond donors (Lipinski definition) is 0. The van der Waals surface area contributed by atoms with Crippen LogP contribution in [0.25, 0.3) is 0 Å². The van der Waals surface area contributed by atoms with Crippen LogP contribution in [-0.2, 0) is 4.79 Å². The molecule has 1 saturated carbocycles. The molecule has 2 nitrogen and oxygen atoms in total. The van der Waals surface area contributed by atoms with Crippen molar-refractivity contribution in [2.45, 2.75) is 18.8 Å². The smallest absolute Gasteiger partial charge is 0.120 e. The van der Waals surface area contributed by atoms with Crippen molar-refractivity contribution in [1.82, 2.24) is 4.98 Å². The fraction of sp³-hybridized carbons (Fsp3) is 0.400. The van der Waals surface area contributed by atoms with Crippen LogP contribution in [0.15, 0.2) is 24.5 Å². The standard InChI is InChI=1S/C10H11NO/c12-6-3-9-7-10(9)8-1-4-11-5-2-8/h1-2,4-6,9-10H,3,7H2. The second-order valence-electron chi connectivity index (χ2n) is 3.29. The molecule has 1 aliphatic carbocycles. The van der Waals surface area contributed by atoms with Crippen LogP contribution in [0.5, 0.6) is 0 Å². The highest BCUT2D eigenvalue weighted by molar-refractivity contribution is 5.51. The number of hydrogen-bond acceptors (Lipinski definition) is 2. The maximum absolute atomic E-state index is 10.2. The molecule has 0 bridgehead atoms. The SMILES string of the molecule is O=CCC1CC1c1ccncc1. The van der Waals surface area contributed by atoms with Crippen molar-refractivity contribution >= 4 is 6.29 Å². The van der Waals surface area contributed by atoms with Gasteiger partial charge in [0.2, 0.25) is 0 Å². The Morgan fingerprint density at radius 1 is 1.50 bits per heavy atom. The molecule has 2 unspecified atom stereocenters. The van der Waals surface area contributed by atoms with Crippen molar-refractivity contribution in [1.29, 1.82) is 0 Å². The first-order valence-corrected chi connectivity index (χ1v) is 4.25. The topological polar surface area (TPSA) is 30.0 Å². The molecule has 0 amide bonds. The average molecular weight is 161 g/mol. The summed E-state index contributed by atoms with van der Waals surface area (Å²) in [5, 5.41) is 0. The van der Waals surface area contributed by atoms with Crippen molar-refractivity contribution in [2.24, 2.45) is 5.92 Å². The van der Waals surface area contributed by atoms with Gasteiger partial charge in [-0.1, -0.05) is 0 Å². The minimum absolute atomic E-state index is 0.602. The highest BCUT2D eigenvalue weighted by Gasteiger charge is 2.37. The van der Waals surface area contributed by atoms with Crippen molar-refractivity contribution in [3.8, 4) is 0 Å². The summed E-state index contributed by atoms with van der Waals surface area (Å²) in [5.41, 5.74) is 1.33. The van der Waals surface area contributed by atoms with Crippen molar-refractivity contribution < 1.29 is 4.79 Å². The Balaban J connectivity index is 2.01. The quantitative estimate of drug-likeness (QED) is 0.632. The van der Waals surface area contributed by atoms with Gasteiger partial charge in [0.25, 0.3) is 0 Å². The van der Waals surface area contributed by atoms with Crippen LogP contribution in [0, 0.1) is 5.92 Å². The second-order valence-corrected chi connectivity index (χ2v) is 3.29. The normalized spacial score (nSPS) is 26.7. The van der Waals surface area contributed by atoms with Gasteiger partial charge in [0.15, 0.2) is 0 Å². The third kappa shape index (κ3) is 1.37. The van der Waals surface area contributed by atoms with Gasteiger partial charge in [0.1, 0.15) is 6.29 Å². The third-order valence-electron chi connectivity index (χ3n) is 2.46. The molecule has 1 aliphatic rings. The molecule has 2 heteroatoms. The van der Waals surface area contributed by atoms with Crippen LogP contribution in [0.4, 0.5) is 0 Å². The number of pyridine rings is 1. The first-order chi connectivity index (χ1) is 5.92. The summed E-state index contributed by atoms with van der Waals surface area (Å²) in [7, 11) is 0. The summed E-state index contributed by atoms with van der Waals surface area (Å²) in [6.45, 7) is 0. The van der Waals surface area contributed by atoms with Crippen molar-refractivity contribution in [3.63, 3.8) is 0 Å². The molecule has 1 aromatic rings. The lowest BCUT2D eigenvalue weighted by Crippen LogP contribution is -1.84. The lowest BCUT2D eigenvalue weighted by atomic mass is 10.1. The molecular weight excluding hydrogens is 150 g/mol. The van der Waals surface area contributed by atoms with Crippen LogP contribution >= 0.6 is 0 Å². The summed E-state index contributed by atoms with van der Waals surface area (Å²) >= 11 is 0. The zero-order valence-electron chi connectivity index (χ0n) is 6.81. The molecule has 0 aliphatic heterocycles. The molecule has 0 saturated heterocycles. The van der Waals surface area contributed by atoms with Gasteiger partial charge >= 0.3 is 0 Å². The van der Waals surface area contributed by atoms with E-state index in [1.54, 1.807) is 0 Å². The van der Waals surface area contributed by atoms with Crippen molar-refractivity contribution in [2.75, 3.05) is 0 Å². The van der Waals surface area contributed by atoms with Crippen LogP contribution in [0.2, 0.25) is 0 Å². The molecule has 1 heterocycles. The molecule has 0 N–H and O–H groups in total. The van der Waals surface area contributed by atoms with E-state index in [-0.39, 0.29) is 0 Å². The molecule has 0 aromatic carbocycles. The van der Waals surface area contributed by atoms with Gasteiger partial charge in [-0.3, -0.25) is 4.98 Å². The maximum Gasteiger partial charge on any atom is 0.120 e. The largest absolute Gasteiger partial charge is 0.303 e. The maximum atomic E-state index is 10.2. The highest BCUT2D eigenvalue weighted by Crippen LogP contribution is 2.48. The van der Waals surface area contributed by atoms with E-state index < -0.39 is 0 Å². The molecule has 12 heavy (non-hydrogen) atoms. The number of aromatic nitrogens is 1. The number of nitrogens with zero attached hydrogens (tertiary/aromatic N) is 1. The Hall–Kier alpha value is -1.18. The van der Waals surface area contributed by atoms with E-state index >= 15 is 0 Å². The molecule has 0 radical (unpaired) electrons. The summed E-state index contributed by atoms with van der Waals surface area (Å²) < 4.78 is 0. The number of aldehydes is 1. The van der Waals surface area contributed by atoms with E-state index in [1.165, 1.54) is 12.0 Å². The Bertz CT molecular complexity index is 270. The van der Waals surface area contributed by atoms with E-state index in [0.29, 0.717) is 18.3 Å². The molecule has 1 aromatic heterocycles. The molecule has 0 spiro atoms. The van der Waals surface area contributed by atoms with Crippen LogP contribution in [0.1, 0.15) is 24.3 Å². The van der Waals surface area contributed by atoms with Crippen LogP contribution < -0.4 is 0 Å². The Labute approximate surface area is 71.6 Å². The monoisotopic (exact) mass is 161 g/mol. The summed E-state index contributed by atoms with van der Waals surface area (Å²) in [4.78, 5) is 14.2. The summed E-state index contributed by atoms with van der Waals surface area (Å²) in [6.07, 6.45) is 6.53. The lowest BCUT2D eigenvalue weighted by molar-refractivity contribution is -0.108.